The van der Waals surface area contributed by atoms with Crippen LogP contribution >= 0.6 is 0 Å². The van der Waals surface area contributed by atoms with Gasteiger partial charge in [0.25, 0.3) is 0 Å². The number of Topliss-reactive ketones (excluding diaryl/α,β-unsaturated/α-hetero) is 2. The van der Waals surface area contributed by atoms with Crippen LogP contribution in [0.5, 0.6) is 0 Å². The maximum atomic E-state index is 11.5. The summed E-state index contributed by atoms with van der Waals surface area (Å²) < 4.78 is 4.50. The molecule has 0 radical (unpaired) electrons. The van der Waals surface area contributed by atoms with Crippen LogP contribution in [0, 0.1) is 23.7 Å². The van der Waals surface area contributed by atoms with E-state index in [-0.39, 0.29) is 24.4 Å². The largest absolute Gasteiger partial charge is 0.393 e. The van der Waals surface area contributed by atoms with Gasteiger partial charge in [-0.05, 0) is 0 Å². The summed E-state index contributed by atoms with van der Waals surface area (Å²) in [4.78, 5) is 45.8. The first-order valence-electron chi connectivity index (χ1n) is 4.90. The predicted molar refractivity (Wildman–Crippen MR) is 44.3 cm³/mol. The Morgan fingerprint density at radius 1 is 0.800 bits per heavy atom. The summed E-state index contributed by atoms with van der Waals surface area (Å²) in [6, 6.07) is 0. The molecule has 0 aromatic heterocycles. The summed E-state index contributed by atoms with van der Waals surface area (Å²) in [5.74, 6) is -3.97. The minimum absolute atomic E-state index is 0.0764. The van der Waals surface area contributed by atoms with Crippen molar-refractivity contribution in [2.45, 2.75) is 12.8 Å². The molecule has 1 saturated heterocycles. The highest BCUT2D eigenvalue weighted by atomic mass is 16.6. The number of rotatable bonds is 0. The van der Waals surface area contributed by atoms with E-state index in [9.17, 15) is 19.2 Å². The number of ether oxygens (including phenoxy) is 1. The molecule has 78 valence electrons. The lowest BCUT2D eigenvalue weighted by atomic mass is 9.58. The standard InChI is InChI=1S/C10H8O5/c11-5-1-3-6(12)2-4(5)8-7(3)9(13)15-10(8)14/h3-4,7-8H,1-2H2/t3-,4-,7-,8-/m1/s1. The normalized spacial score (nSPS) is 43.2. The fourth-order valence-electron chi connectivity index (χ4n) is 2.98. The van der Waals surface area contributed by atoms with Crippen LogP contribution in [0.3, 0.4) is 0 Å². The summed E-state index contributed by atoms with van der Waals surface area (Å²) in [5, 5.41) is 0. The number of hydrogen-bond donors (Lipinski definition) is 0. The second kappa shape index (κ2) is 2.53. The third-order valence-electron chi connectivity index (χ3n) is 3.67. The highest BCUT2D eigenvalue weighted by Gasteiger charge is 2.62. The van der Waals surface area contributed by atoms with E-state index in [2.05, 4.69) is 4.74 Å². The summed E-state index contributed by atoms with van der Waals surface area (Å²) in [6.45, 7) is 0. The lowest BCUT2D eigenvalue weighted by Gasteiger charge is -2.39. The first-order chi connectivity index (χ1) is 7.09. The Morgan fingerprint density at radius 2 is 1.20 bits per heavy atom. The van der Waals surface area contributed by atoms with Gasteiger partial charge in [-0.3, -0.25) is 19.2 Å². The Morgan fingerprint density at radius 3 is 1.60 bits per heavy atom. The van der Waals surface area contributed by atoms with E-state index >= 15 is 0 Å². The van der Waals surface area contributed by atoms with E-state index in [0.29, 0.717) is 0 Å². The molecule has 0 amide bonds. The van der Waals surface area contributed by atoms with Gasteiger partial charge in [-0.2, -0.15) is 0 Å². The molecular formula is C10H8O5. The molecule has 0 aromatic carbocycles. The molecule has 15 heavy (non-hydrogen) atoms. The highest BCUT2D eigenvalue weighted by Crippen LogP contribution is 2.49. The summed E-state index contributed by atoms with van der Waals surface area (Å²) >= 11 is 0. The van der Waals surface area contributed by atoms with Crippen LogP contribution in [-0.4, -0.2) is 23.5 Å². The van der Waals surface area contributed by atoms with Crippen LogP contribution in [-0.2, 0) is 23.9 Å². The quantitative estimate of drug-likeness (QED) is 0.395. The first kappa shape index (κ1) is 8.76. The fraction of sp³-hybridized carbons (Fsp3) is 0.600. The van der Waals surface area contributed by atoms with Crippen LogP contribution < -0.4 is 0 Å². The molecule has 3 saturated carbocycles. The molecule has 4 atom stereocenters. The van der Waals surface area contributed by atoms with Crippen molar-refractivity contribution in [3.8, 4) is 0 Å². The van der Waals surface area contributed by atoms with Crippen molar-refractivity contribution < 1.29 is 23.9 Å². The molecule has 5 heteroatoms. The summed E-state index contributed by atoms with van der Waals surface area (Å²) in [5.41, 5.74) is 0. The second-order valence-corrected chi connectivity index (χ2v) is 4.35. The zero-order valence-corrected chi connectivity index (χ0v) is 7.76. The average molecular weight is 208 g/mol. The van der Waals surface area contributed by atoms with Crippen LogP contribution in [0.25, 0.3) is 0 Å². The van der Waals surface area contributed by atoms with Crippen LogP contribution in [0.1, 0.15) is 12.8 Å². The molecule has 1 heterocycles. The lowest BCUT2D eigenvalue weighted by molar-refractivity contribution is -0.154. The SMILES string of the molecule is O=C1OC(=O)[C@H]2[C@H]1[C@@H]1CC(=O)[C@H]2CC1=O. The van der Waals surface area contributed by atoms with Gasteiger partial charge in [-0.25, -0.2) is 0 Å². The molecule has 4 aliphatic rings. The molecule has 2 bridgehead atoms. The molecule has 5 nitrogen and oxygen atoms in total. The van der Waals surface area contributed by atoms with Crippen molar-refractivity contribution >= 4 is 23.5 Å². The molecule has 0 spiro atoms. The minimum atomic E-state index is -0.679. The van der Waals surface area contributed by atoms with Crippen molar-refractivity contribution in [1.29, 1.82) is 0 Å². The topological polar surface area (TPSA) is 77.5 Å². The van der Waals surface area contributed by atoms with Gasteiger partial charge in [0, 0.05) is 24.7 Å². The predicted octanol–water partition coefficient (Wildman–Crippen LogP) is -0.520. The lowest BCUT2D eigenvalue weighted by Crippen LogP contribution is -2.51. The van der Waals surface area contributed by atoms with Crippen LogP contribution in [0.2, 0.25) is 0 Å². The number of hydrogen-bond acceptors (Lipinski definition) is 5. The van der Waals surface area contributed by atoms with Gasteiger partial charge in [0.15, 0.2) is 0 Å². The van der Waals surface area contributed by atoms with Gasteiger partial charge < -0.3 is 4.74 Å². The summed E-state index contributed by atoms with van der Waals surface area (Å²) in [7, 11) is 0. The van der Waals surface area contributed by atoms with Crippen molar-refractivity contribution in [2.24, 2.45) is 23.7 Å². The fourth-order valence-corrected chi connectivity index (χ4v) is 2.98. The maximum Gasteiger partial charge on any atom is 0.318 e. The number of cyclic esters (lactones) is 2. The second-order valence-electron chi connectivity index (χ2n) is 4.35. The van der Waals surface area contributed by atoms with E-state index in [4.69, 9.17) is 0 Å². The molecule has 4 fully saturated rings. The Hall–Kier alpha value is -1.52. The smallest absolute Gasteiger partial charge is 0.318 e. The number of carbonyl (C=O) groups excluding carboxylic acids is 4. The molecule has 3 aliphatic carbocycles. The molecular weight excluding hydrogens is 200 g/mol. The Kier molecular flexibility index (Phi) is 1.48. The number of carbonyl (C=O) groups is 4. The van der Waals surface area contributed by atoms with E-state index in [1.54, 1.807) is 0 Å². The molecule has 0 unspecified atom stereocenters. The summed E-state index contributed by atoms with van der Waals surface area (Å²) in [6.07, 6.45) is 0.208. The Bertz CT molecular complexity index is 372. The van der Waals surface area contributed by atoms with E-state index in [1.165, 1.54) is 0 Å². The van der Waals surface area contributed by atoms with Crippen molar-refractivity contribution in [1.82, 2.24) is 0 Å². The zero-order valence-electron chi connectivity index (χ0n) is 7.76. The Balaban J connectivity index is 2.09. The maximum absolute atomic E-state index is 11.5. The van der Waals surface area contributed by atoms with Gasteiger partial charge in [0.1, 0.15) is 11.6 Å². The minimum Gasteiger partial charge on any atom is -0.393 e. The van der Waals surface area contributed by atoms with Crippen molar-refractivity contribution in [2.75, 3.05) is 0 Å². The monoisotopic (exact) mass is 208 g/mol. The number of esters is 2. The molecule has 0 N–H and O–H groups in total. The molecule has 0 aromatic rings. The van der Waals surface area contributed by atoms with E-state index in [0.717, 1.165) is 0 Å². The third-order valence-corrected chi connectivity index (χ3v) is 3.67. The molecule has 4 rings (SSSR count). The highest BCUT2D eigenvalue weighted by molar-refractivity contribution is 6.09. The van der Waals surface area contributed by atoms with Crippen molar-refractivity contribution in [3.63, 3.8) is 0 Å². The zero-order chi connectivity index (χ0) is 10.7. The third kappa shape index (κ3) is 0.926. The average Bonchev–Trinajstić information content (AvgIpc) is 2.46. The van der Waals surface area contributed by atoms with Crippen LogP contribution in [0.15, 0.2) is 0 Å². The first-order valence-corrected chi connectivity index (χ1v) is 4.90. The Labute approximate surface area is 84.8 Å². The number of fused-ring (bicyclic) bond motifs is 2. The van der Waals surface area contributed by atoms with E-state index in [1.807, 2.05) is 0 Å². The van der Waals surface area contributed by atoms with Crippen LogP contribution in [0.4, 0.5) is 0 Å². The number of ketones is 2. The van der Waals surface area contributed by atoms with Gasteiger partial charge in [-0.1, -0.05) is 0 Å². The van der Waals surface area contributed by atoms with Gasteiger partial charge in [0.05, 0.1) is 11.8 Å². The van der Waals surface area contributed by atoms with Gasteiger partial charge in [-0.15, -0.1) is 0 Å². The van der Waals surface area contributed by atoms with Crippen molar-refractivity contribution in [3.05, 3.63) is 0 Å². The molecule has 1 aliphatic heterocycles. The van der Waals surface area contributed by atoms with Gasteiger partial charge in [0.2, 0.25) is 0 Å². The van der Waals surface area contributed by atoms with E-state index < -0.39 is 35.6 Å². The van der Waals surface area contributed by atoms with Gasteiger partial charge >= 0.3 is 11.9 Å².